The second-order valence-corrected chi connectivity index (χ2v) is 4.32. The van der Waals surface area contributed by atoms with E-state index < -0.39 is 11.6 Å². The molecule has 0 saturated heterocycles. The molecule has 2 aromatic rings. The number of ketones is 1. The van der Waals surface area contributed by atoms with Crippen molar-refractivity contribution in [3.8, 4) is 11.1 Å². The van der Waals surface area contributed by atoms with Gasteiger partial charge in [-0.2, -0.15) is 0 Å². The van der Waals surface area contributed by atoms with Crippen molar-refractivity contribution in [1.82, 2.24) is 0 Å². The molecule has 0 heterocycles. The van der Waals surface area contributed by atoms with Crippen molar-refractivity contribution in [3.63, 3.8) is 0 Å². The van der Waals surface area contributed by atoms with E-state index in [2.05, 4.69) is 0 Å². The van der Waals surface area contributed by atoms with Crippen LogP contribution in [-0.2, 0) is 0 Å². The van der Waals surface area contributed by atoms with Crippen LogP contribution in [0.4, 0.5) is 8.78 Å². The molecule has 0 bridgehead atoms. The standard InChI is InChI=1S/C14H9ClF2O/c1-8(18)13-3-2-9(6-14(13)15)10-4-11(16)7-12(17)5-10/h2-7H,1H3. The zero-order valence-electron chi connectivity index (χ0n) is 9.51. The van der Waals surface area contributed by atoms with Gasteiger partial charge in [0.15, 0.2) is 5.78 Å². The fourth-order valence-electron chi connectivity index (χ4n) is 1.70. The van der Waals surface area contributed by atoms with Crippen LogP contribution in [0.1, 0.15) is 17.3 Å². The quantitative estimate of drug-likeness (QED) is 0.732. The Morgan fingerprint density at radius 1 is 1.00 bits per heavy atom. The van der Waals surface area contributed by atoms with E-state index in [1.54, 1.807) is 12.1 Å². The monoisotopic (exact) mass is 266 g/mol. The molecule has 0 radical (unpaired) electrons. The summed E-state index contributed by atoms with van der Waals surface area (Å²) in [6, 6.07) is 7.89. The molecule has 92 valence electrons. The Morgan fingerprint density at radius 2 is 1.61 bits per heavy atom. The minimum Gasteiger partial charge on any atom is -0.294 e. The lowest BCUT2D eigenvalue weighted by atomic mass is 10.0. The Bertz CT molecular complexity index is 603. The number of hydrogen-bond donors (Lipinski definition) is 0. The smallest absolute Gasteiger partial charge is 0.161 e. The molecular formula is C14H9ClF2O. The van der Waals surface area contributed by atoms with E-state index in [4.69, 9.17) is 11.6 Å². The van der Waals surface area contributed by atoms with Crippen molar-refractivity contribution < 1.29 is 13.6 Å². The van der Waals surface area contributed by atoms with E-state index in [-0.39, 0.29) is 10.8 Å². The van der Waals surface area contributed by atoms with Crippen LogP contribution in [0.15, 0.2) is 36.4 Å². The topological polar surface area (TPSA) is 17.1 Å². The van der Waals surface area contributed by atoms with Crippen LogP contribution in [-0.4, -0.2) is 5.78 Å². The van der Waals surface area contributed by atoms with E-state index in [1.165, 1.54) is 25.1 Å². The molecule has 1 nitrogen and oxygen atoms in total. The van der Waals surface area contributed by atoms with Gasteiger partial charge < -0.3 is 0 Å². The highest BCUT2D eigenvalue weighted by molar-refractivity contribution is 6.34. The third kappa shape index (κ3) is 2.57. The van der Waals surface area contributed by atoms with Crippen LogP contribution in [0, 0.1) is 11.6 Å². The first-order valence-corrected chi connectivity index (χ1v) is 5.62. The summed E-state index contributed by atoms with van der Waals surface area (Å²) in [5.74, 6) is -1.47. The lowest BCUT2D eigenvalue weighted by Crippen LogP contribution is -1.93. The average Bonchev–Trinajstić information content (AvgIpc) is 2.26. The van der Waals surface area contributed by atoms with Crippen molar-refractivity contribution in [1.29, 1.82) is 0 Å². The second-order valence-electron chi connectivity index (χ2n) is 3.91. The van der Waals surface area contributed by atoms with E-state index in [1.807, 2.05) is 0 Å². The number of rotatable bonds is 2. The van der Waals surface area contributed by atoms with Gasteiger partial charge in [-0.15, -0.1) is 0 Å². The van der Waals surface area contributed by atoms with Crippen LogP contribution in [0.2, 0.25) is 5.02 Å². The lowest BCUT2D eigenvalue weighted by molar-refractivity contribution is 0.101. The van der Waals surface area contributed by atoms with Crippen molar-refractivity contribution in [2.75, 3.05) is 0 Å². The van der Waals surface area contributed by atoms with Crippen LogP contribution >= 0.6 is 11.6 Å². The second kappa shape index (κ2) is 4.86. The van der Waals surface area contributed by atoms with E-state index >= 15 is 0 Å². The van der Waals surface area contributed by atoms with Crippen molar-refractivity contribution in [3.05, 3.63) is 58.6 Å². The summed E-state index contributed by atoms with van der Waals surface area (Å²) in [6.07, 6.45) is 0. The predicted molar refractivity (Wildman–Crippen MR) is 66.8 cm³/mol. The maximum Gasteiger partial charge on any atom is 0.161 e. The molecule has 0 amide bonds. The van der Waals surface area contributed by atoms with Gasteiger partial charge in [-0.05, 0) is 42.3 Å². The fourth-order valence-corrected chi connectivity index (χ4v) is 2.01. The Labute approximate surface area is 108 Å². The van der Waals surface area contributed by atoms with Gasteiger partial charge in [-0.1, -0.05) is 17.7 Å². The van der Waals surface area contributed by atoms with E-state index in [0.29, 0.717) is 16.7 Å². The molecule has 18 heavy (non-hydrogen) atoms. The summed E-state index contributed by atoms with van der Waals surface area (Å²) < 4.78 is 26.2. The highest BCUT2D eigenvalue weighted by atomic mass is 35.5. The summed E-state index contributed by atoms with van der Waals surface area (Å²) in [7, 11) is 0. The maximum absolute atomic E-state index is 13.1. The van der Waals surface area contributed by atoms with Gasteiger partial charge in [0.2, 0.25) is 0 Å². The third-order valence-electron chi connectivity index (χ3n) is 2.54. The van der Waals surface area contributed by atoms with Gasteiger partial charge in [-0.25, -0.2) is 8.78 Å². The highest BCUT2D eigenvalue weighted by Gasteiger charge is 2.08. The largest absolute Gasteiger partial charge is 0.294 e. The normalized spacial score (nSPS) is 10.4. The van der Waals surface area contributed by atoms with Gasteiger partial charge in [0.1, 0.15) is 11.6 Å². The summed E-state index contributed by atoms with van der Waals surface area (Å²) in [5.41, 5.74) is 1.32. The van der Waals surface area contributed by atoms with Crippen LogP contribution in [0.5, 0.6) is 0 Å². The lowest BCUT2D eigenvalue weighted by Gasteiger charge is -2.06. The number of halogens is 3. The first kappa shape index (κ1) is 12.7. The molecule has 0 fully saturated rings. The zero-order chi connectivity index (χ0) is 13.3. The van der Waals surface area contributed by atoms with E-state index in [0.717, 1.165) is 6.07 Å². The molecule has 0 aliphatic rings. The number of benzene rings is 2. The number of hydrogen-bond acceptors (Lipinski definition) is 1. The van der Waals surface area contributed by atoms with E-state index in [9.17, 15) is 13.6 Å². The fraction of sp³-hybridized carbons (Fsp3) is 0.0714. The van der Waals surface area contributed by atoms with Crippen molar-refractivity contribution >= 4 is 17.4 Å². The molecule has 0 saturated carbocycles. The Kier molecular flexibility index (Phi) is 3.43. The minimum atomic E-state index is -0.656. The van der Waals surface area contributed by atoms with Crippen LogP contribution in [0.3, 0.4) is 0 Å². The number of Topliss-reactive ketones (excluding diaryl/α,β-unsaturated/α-hetero) is 1. The molecular weight excluding hydrogens is 258 g/mol. The first-order valence-electron chi connectivity index (χ1n) is 5.24. The molecule has 0 aliphatic heterocycles. The van der Waals surface area contributed by atoms with Gasteiger partial charge in [0.25, 0.3) is 0 Å². The molecule has 0 unspecified atom stereocenters. The predicted octanol–water partition coefficient (Wildman–Crippen LogP) is 4.49. The van der Waals surface area contributed by atoms with Crippen molar-refractivity contribution in [2.45, 2.75) is 6.92 Å². The average molecular weight is 267 g/mol. The Balaban J connectivity index is 2.52. The zero-order valence-corrected chi connectivity index (χ0v) is 10.3. The molecule has 0 aromatic heterocycles. The molecule has 0 atom stereocenters. The Hall–Kier alpha value is -1.74. The van der Waals surface area contributed by atoms with Gasteiger partial charge in [0, 0.05) is 11.6 Å². The Morgan fingerprint density at radius 3 is 2.11 bits per heavy atom. The molecule has 4 heteroatoms. The molecule has 0 aliphatic carbocycles. The van der Waals surface area contributed by atoms with Crippen LogP contribution < -0.4 is 0 Å². The maximum atomic E-state index is 13.1. The number of carbonyl (C=O) groups is 1. The molecule has 0 N–H and O–H groups in total. The molecule has 2 aromatic carbocycles. The summed E-state index contributed by atoms with van der Waals surface area (Å²) in [5, 5.41) is 0.268. The first-order chi connectivity index (χ1) is 8.47. The third-order valence-corrected chi connectivity index (χ3v) is 2.86. The molecule has 0 spiro atoms. The summed E-state index contributed by atoms with van der Waals surface area (Å²) >= 11 is 5.95. The minimum absolute atomic E-state index is 0.156. The summed E-state index contributed by atoms with van der Waals surface area (Å²) in [4.78, 5) is 11.2. The highest BCUT2D eigenvalue weighted by Crippen LogP contribution is 2.27. The van der Waals surface area contributed by atoms with Crippen molar-refractivity contribution in [2.24, 2.45) is 0 Å². The summed E-state index contributed by atoms with van der Waals surface area (Å²) in [6.45, 7) is 1.41. The number of carbonyl (C=O) groups excluding carboxylic acids is 1. The van der Waals surface area contributed by atoms with Gasteiger partial charge in [-0.3, -0.25) is 4.79 Å². The SMILES string of the molecule is CC(=O)c1ccc(-c2cc(F)cc(F)c2)cc1Cl. The molecule has 2 rings (SSSR count). The van der Waals surface area contributed by atoms with Gasteiger partial charge >= 0.3 is 0 Å². The van der Waals surface area contributed by atoms with Crippen LogP contribution in [0.25, 0.3) is 11.1 Å². The van der Waals surface area contributed by atoms with Gasteiger partial charge in [0.05, 0.1) is 5.02 Å².